The maximum atomic E-state index is 5.88. The number of hydrogen-bond donors (Lipinski definition) is 1. The second-order valence-electron chi connectivity index (χ2n) is 5.05. The number of likely N-dealkylation sites (N-methyl/N-ethyl adjacent to an activating group) is 1. The van der Waals surface area contributed by atoms with Gasteiger partial charge in [0, 0.05) is 42.8 Å². The minimum atomic E-state index is -0.101. The molecule has 0 radical (unpaired) electrons. The lowest BCUT2D eigenvalue weighted by Gasteiger charge is -2.42. The van der Waals surface area contributed by atoms with E-state index >= 15 is 0 Å². The lowest BCUT2D eigenvalue weighted by Crippen LogP contribution is -2.55. The van der Waals surface area contributed by atoms with E-state index in [2.05, 4.69) is 52.2 Å². The highest BCUT2D eigenvalue weighted by Gasteiger charge is 2.39. The van der Waals surface area contributed by atoms with Gasteiger partial charge in [-0.05, 0) is 53.8 Å². The quantitative estimate of drug-likeness (QED) is 0.803. The molecule has 1 aromatic rings. The molecule has 1 unspecified atom stereocenters. The van der Waals surface area contributed by atoms with E-state index in [0.29, 0.717) is 6.04 Å². The van der Waals surface area contributed by atoms with Gasteiger partial charge in [0.05, 0.1) is 5.60 Å². The summed E-state index contributed by atoms with van der Waals surface area (Å²) >= 11 is 2.34. The predicted molar refractivity (Wildman–Crippen MR) is 85.5 cm³/mol. The second kappa shape index (κ2) is 7.02. The molecule has 0 saturated carbocycles. The first kappa shape index (κ1) is 15.2. The molecule has 1 aliphatic rings. The number of ether oxygens (including phenoxy) is 2. The molecule has 0 bridgehead atoms. The summed E-state index contributed by atoms with van der Waals surface area (Å²) in [7, 11) is 3.84. The largest absolute Gasteiger partial charge is 0.381 e. The van der Waals surface area contributed by atoms with Crippen molar-refractivity contribution in [2.75, 3.05) is 27.4 Å². The Morgan fingerprint density at radius 2 is 1.95 bits per heavy atom. The Kier molecular flexibility index (Phi) is 5.62. The fraction of sp³-hybridized carbons (Fsp3) is 0.600. The van der Waals surface area contributed by atoms with Crippen LogP contribution in [0.5, 0.6) is 0 Å². The van der Waals surface area contributed by atoms with Crippen molar-refractivity contribution in [3.05, 3.63) is 33.4 Å². The Morgan fingerprint density at radius 3 is 2.47 bits per heavy atom. The standard InChI is InChI=1S/C15H22INO2/c1-17-14(11-12-3-5-13(16)6-4-12)15(18-2)7-9-19-10-8-15/h3-6,14,17H,7-11H2,1-2H3. The smallest absolute Gasteiger partial charge is 0.0877 e. The Balaban J connectivity index is 2.11. The van der Waals surface area contributed by atoms with Gasteiger partial charge in [-0.15, -0.1) is 0 Å². The van der Waals surface area contributed by atoms with Crippen molar-refractivity contribution >= 4 is 22.6 Å². The molecule has 0 aromatic heterocycles. The topological polar surface area (TPSA) is 30.5 Å². The maximum absolute atomic E-state index is 5.88. The first-order chi connectivity index (χ1) is 9.20. The SMILES string of the molecule is CNC(Cc1ccc(I)cc1)C1(OC)CCOCC1. The molecule has 1 fully saturated rings. The number of benzene rings is 1. The zero-order chi connectivity index (χ0) is 13.7. The van der Waals surface area contributed by atoms with Gasteiger partial charge in [-0.3, -0.25) is 0 Å². The van der Waals surface area contributed by atoms with Crippen molar-refractivity contribution < 1.29 is 9.47 Å². The highest BCUT2D eigenvalue weighted by Crippen LogP contribution is 2.30. The molecule has 1 heterocycles. The molecular weight excluding hydrogens is 353 g/mol. The van der Waals surface area contributed by atoms with E-state index < -0.39 is 0 Å². The number of nitrogens with one attached hydrogen (secondary N) is 1. The summed E-state index contributed by atoms with van der Waals surface area (Å²) in [5.74, 6) is 0. The molecule has 19 heavy (non-hydrogen) atoms. The molecule has 0 amide bonds. The highest BCUT2D eigenvalue weighted by molar-refractivity contribution is 14.1. The third kappa shape index (κ3) is 3.68. The van der Waals surface area contributed by atoms with Crippen LogP contribution in [-0.2, 0) is 15.9 Å². The Labute approximate surface area is 129 Å². The third-order valence-electron chi connectivity index (χ3n) is 4.08. The molecule has 1 aromatic carbocycles. The summed E-state index contributed by atoms with van der Waals surface area (Å²) in [4.78, 5) is 0. The van der Waals surface area contributed by atoms with Gasteiger partial charge < -0.3 is 14.8 Å². The number of rotatable bonds is 5. The molecule has 1 aliphatic heterocycles. The van der Waals surface area contributed by atoms with E-state index in [-0.39, 0.29) is 5.60 Å². The second-order valence-corrected chi connectivity index (χ2v) is 6.30. The van der Waals surface area contributed by atoms with E-state index in [1.54, 1.807) is 0 Å². The number of methoxy groups -OCH3 is 1. The van der Waals surface area contributed by atoms with E-state index in [4.69, 9.17) is 9.47 Å². The van der Waals surface area contributed by atoms with E-state index in [0.717, 1.165) is 32.5 Å². The average Bonchev–Trinajstić information content (AvgIpc) is 2.47. The monoisotopic (exact) mass is 375 g/mol. The molecule has 1 N–H and O–H groups in total. The summed E-state index contributed by atoms with van der Waals surface area (Å²) in [6, 6.07) is 9.04. The van der Waals surface area contributed by atoms with Gasteiger partial charge in [-0.2, -0.15) is 0 Å². The summed E-state index contributed by atoms with van der Waals surface area (Å²) in [6.07, 6.45) is 2.90. The van der Waals surface area contributed by atoms with Crippen LogP contribution in [0, 0.1) is 3.57 Å². The molecule has 0 aliphatic carbocycles. The minimum absolute atomic E-state index is 0.101. The average molecular weight is 375 g/mol. The molecule has 106 valence electrons. The van der Waals surface area contributed by atoms with Crippen LogP contribution in [0.25, 0.3) is 0 Å². The van der Waals surface area contributed by atoms with Gasteiger partial charge in [0.2, 0.25) is 0 Å². The Hall–Kier alpha value is -0.170. The molecule has 2 rings (SSSR count). The predicted octanol–water partition coefficient (Wildman–Crippen LogP) is 2.62. The van der Waals surface area contributed by atoms with Gasteiger partial charge in [0.1, 0.15) is 0 Å². The third-order valence-corrected chi connectivity index (χ3v) is 4.80. The lowest BCUT2D eigenvalue weighted by atomic mass is 9.82. The summed E-state index contributed by atoms with van der Waals surface area (Å²) in [5.41, 5.74) is 1.25. The van der Waals surface area contributed by atoms with Gasteiger partial charge in [-0.25, -0.2) is 0 Å². The van der Waals surface area contributed by atoms with Crippen molar-refractivity contribution in [3.8, 4) is 0 Å². The van der Waals surface area contributed by atoms with Gasteiger partial charge in [0.15, 0.2) is 0 Å². The Morgan fingerprint density at radius 1 is 1.32 bits per heavy atom. The van der Waals surface area contributed by atoms with Crippen molar-refractivity contribution in [2.45, 2.75) is 30.9 Å². The van der Waals surface area contributed by atoms with Gasteiger partial charge in [-0.1, -0.05) is 12.1 Å². The molecule has 1 atom stereocenters. The van der Waals surface area contributed by atoms with Crippen LogP contribution in [0.2, 0.25) is 0 Å². The minimum Gasteiger partial charge on any atom is -0.381 e. The fourth-order valence-electron chi connectivity index (χ4n) is 2.82. The molecule has 3 nitrogen and oxygen atoms in total. The molecule has 1 saturated heterocycles. The zero-order valence-electron chi connectivity index (χ0n) is 11.6. The van der Waals surface area contributed by atoms with Crippen LogP contribution in [0.15, 0.2) is 24.3 Å². The summed E-state index contributed by atoms with van der Waals surface area (Å²) < 4.78 is 12.6. The van der Waals surface area contributed by atoms with Crippen LogP contribution in [0.4, 0.5) is 0 Å². The lowest BCUT2D eigenvalue weighted by molar-refractivity contribution is -0.109. The fourth-order valence-corrected chi connectivity index (χ4v) is 3.18. The maximum Gasteiger partial charge on any atom is 0.0877 e. The highest BCUT2D eigenvalue weighted by atomic mass is 127. The number of hydrogen-bond acceptors (Lipinski definition) is 3. The van der Waals surface area contributed by atoms with Crippen molar-refractivity contribution in [2.24, 2.45) is 0 Å². The van der Waals surface area contributed by atoms with Crippen LogP contribution >= 0.6 is 22.6 Å². The van der Waals surface area contributed by atoms with Crippen molar-refractivity contribution in [1.82, 2.24) is 5.32 Å². The van der Waals surface area contributed by atoms with Crippen molar-refractivity contribution in [1.29, 1.82) is 0 Å². The van der Waals surface area contributed by atoms with E-state index in [1.807, 2.05) is 14.2 Å². The van der Waals surface area contributed by atoms with Crippen LogP contribution in [0.1, 0.15) is 18.4 Å². The molecular formula is C15H22INO2. The van der Waals surface area contributed by atoms with Gasteiger partial charge >= 0.3 is 0 Å². The van der Waals surface area contributed by atoms with E-state index in [1.165, 1.54) is 9.13 Å². The van der Waals surface area contributed by atoms with E-state index in [9.17, 15) is 0 Å². The van der Waals surface area contributed by atoms with Crippen LogP contribution in [-0.4, -0.2) is 39.0 Å². The first-order valence-corrected chi connectivity index (χ1v) is 7.83. The summed E-state index contributed by atoms with van der Waals surface area (Å²) in [6.45, 7) is 1.58. The summed E-state index contributed by atoms with van der Waals surface area (Å²) in [5, 5.41) is 3.44. The Bertz CT molecular complexity index is 388. The van der Waals surface area contributed by atoms with Crippen LogP contribution in [0.3, 0.4) is 0 Å². The molecule has 4 heteroatoms. The normalized spacial score (nSPS) is 20.2. The van der Waals surface area contributed by atoms with Crippen LogP contribution < -0.4 is 5.32 Å². The van der Waals surface area contributed by atoms with Gasteiger partial charge in [0.25, 0.3) is 0 Å². The molecule has 0 spiro atoms. The number of halogens is 1. The first-order valence-electron chi connectivity index (χ1n) is 6.75. The zero-order valence-corrected chi connectivity index (χ0v) is 13.8. The van der Waals surface area contributed by atoms with Crippen molar-refractivity contribution in [3.63, 3.8) is 0 Å².